The SMILES string of the molecule is N#CCCN(c1nnc(Cl)c2ccccc12)C1CC1. The van der Waals surface area contributed by atoms with E-state index >= 15 is 0 Å². The van der Waals surface area contributed by atoms with Crippen LogP contribution in [0.25, 0.3) is 10.8 Å². The van der Waals surface area contributed by atoms with E-state index in [0.29, 0.717) is 24.2 Å². The van der Waals surface area contributed by atoms with E-state index in [0.717, 1.165) is 29.4 Å². The Hall–Kier alpha value is -1.86. The molecule has 0 unspecified atom stereocenters. The normalized spacial score (nSPS) is 14.3. The number of hydrogen-bond acceptors (Lipinski definition) is 4. The number of anilines is 1. The first-order valence-electron chi connectivity index (χ1n) is 6.36. The molecule has 1 aliphatic rings. The summed E-state index contributed by atoms with van der Waals surface area (Å²) < 4.78 is 0. The van der Waals surface area contributed by atoms with Gasteiger partial charge in [-0.1, -0.05) is 35.9 Å². The van der Waals surface area contributed by atoms with Crippen LogP contribution in [0.3, 0.4) is 0 Å². The van der Waals surface area contributed by atoms with Gasteiger partial charge in [-0.25, -0.2) is 0 Å². The van der Waals surface area contributed by atoms with Crippen molar-refractivity contribution in [1.29, 1.82) is 5.26 Å². The van der Waals surface area contributed by atoms with Crippen molar-refractivity contribution in [3.05, 3.63) is 29.4 Å². The molecule has 1 heterocycles. The van der Waals surface area contributed by atoms with Crippen LogP contribution in [0.2, 0.25) is 5.15 Å². The quantitative estimate of drug-likeness (QED) is 0.858. The summed E-state index contributed by atoms with van der Waals surface area (Å²) in [5.74, 6) is 0.845. The van der Waals surface area contributed by atoms with Crippen LogP contribution in [-0.4, -0.2) is 22.8 Å². The van der Waals surface area contributed by atoms with Crippen LogP contribution in [-0.2, 0) is 0 Å². The fourth-order valence-corrected chi connectivity index (χ4v) is 2.49. The highest BCUT2D eigenvalue weighted by Crippen LogP contribution is 2.35. The summed E-state index contributed by atoms with van der Waals surface area (Å²) in [7, 11) is 0. The molecule has 0 amide bonds. The number of fused-ring (bicyclic) bond motifs is 1. The maximum absolute atomic E-state index is 8.79. The lowest BCUT2D eigenvalue weighted by atomic mass is 10.2. The first-order valence-corrected chi connectivity index (χ1v) is 6.73. The van der Waals surface area contributed by atoms with Crippen molar-refractivity contribution in [1.82, 2.24) is 10.2 Å². The zero-order valence-electron chi connectivity index (χ0n) is 10.4. The van der Waals surface area contributed by atoms with E-state index in [1.807, 2.05) is 24.3 Å². The van der Waals surface area contributed by atoms with Crippen molar-refractivity contribution in [2.75, 3.05) is 11.4 Å². The Bertz CT molecular complexity index is 645. The minimum atomic E-state index is 0.426. The van der Waals surface area contributed by atoms with Gasteiger partial charge in [0.2, 0.25) is 0 Å². The number of rotatable bonds is 4. The van der Waals surface area contributed by atoms with Gasteiger partial charge in [-0.15, -0.1) is 10.2 Å². The van der Waals surface area contributed by atoms with Crippen molar-refractivity contribution >= 4 is 28.2 Å². The number of nitrogens with zero attached hydrogens (tertiary/aromatic N) is 4. The van der Waals surface area contributed by atoms with Gasteiger partial charge in [-0.3, -0.25) is 0 Å². The lowest BCUT2D eigenvalue weighted by Crippen LogP contribution is -2.28. The van der Waals surface area contributed by atoms with Gasteiger partial charge >= 0.3 is 0 Å². The molecule has 19 heavy (non-hydrogen) atoms. The van der Waals surface area contributed by atoms with Crippen LogP contribution < -0.4 is 4.90 Å². The molecule has 1 fully saturated rings. The second-order valence-corrected chi connectivity index (χ2v) is 5.05. The van der Waals surface area contributed by atoms with Crippen molar-refractivity contribution in [2.45, 2.75) is 25.3 Å². The Morgan fingerprint density at radius 3 is 2.68 bits per heavy atom. The van der Waals surface area contributed by atoms with Crippen molar-refractivity contribution in [3.8, 4) is 6.07 Å². The first-order chi connectivity index (χ1) is 9.31. The van der Waals surface area contributed by atoms with Crippen LogP contribution >= 0.6 is 11.6 Å². The Morgan fingerprint density at radius 2 is 2.00 bits per heavy atom. The van der Waals surface area contributed by atoms with Gasteiger partial charge < -0.3 is 4.90 Å². The monoisotopic (exact) mass is 272 g/mol. The molecule has 1 aromatic heterocycles. The summed E-state index contributed by atoms with van der Waals surface area (Å²) in [4.78, 5) is 2.19. The highest BCUT2D eigenvalue weighted by atomic mass is 35.5. The molecule has 1 saturated carbocycles. The van der Waals surface area contributed by atoms with Crippen molar-refractivity contribution < 1.29 is 0 Å². The summed E-state index contributed by atoms with van der Waals surface area (Å²) in [6.07, 6.45) is 2.81. The second kappa shape index (κ2) is 5.02. The lowest BCUT2D eigenvalue weighted by molar-refractivity contribution is 0.770. The zero-order chi connectivity index (χ0) is 13.2. The molecule has 0 saturated heterocycles. The van der Waals surface area contributed by atoms with Gasteiger partial charge in [0.25, 0.3) is 0 Å². The molecule has 5 heteroatoms. The highest BCUT2D eigenvalue weighted by Gasteiger charge is 2.31. The first kappa shape index (κ1) is 12.2. The van der Waals surface area contributed by atoms with Crippen LogP contribution in [0.15, 0.2) is 24.3 Å². The van der Waals surface area contributed by atoms with E-state index in [9.17, 15) is 0 Å². The molecule has 96 valence electrons. The third-order valence-corrected chi connectivity index (χ3v) is 3.63. The molecular formula is C14H13ClN4. The van der Waals surface area contributed by atoms with Gasteiger partial charge in [0.15, 0.2) is 11.0 Å². The molecule has 0 spiro atoms. The third kappa shape index (κ3) is 2.34. The summed E-state index contributed by atoms with van der Waals surface area (Å²) in [6, 6.07) is 10.6. The predicted octanol–water partition coefficient (Wildman–Crippen LogP) is 3.17. The third-order valence-electron chi connectivity index (χ3n) is 3.35. The fourth-order valence-electron chi connectivity index (χ4n) is 2.29. The van der Waals surface area contributed by atoms with E-state index in [1.165, 1.54) is 0 Å². The lowest BCUT2D eigenvalue weighted by Gasteiger charge is -2.23. The van der Waals surface area contributed by atoms with Gasteiger partial charge in [0.05, 0.1) is 12.5 Å². The Balaban J connectivity index is 2.08. The van der Waals surface area contributed by atoms with Crippen LogP contribution in [0.1, 0.15) is 19.3 Å². The Labute approximate surface area is 116 Å². The smallest absolute Gasteiger partial charge is 0.159 e. The molecule has 0 N–H and O–H groups in total. The van der Waals surface area contributed by atoms with E-state index in [2.05, 4.69) is 21.2 Å². The molecule has 1 aliphatic carbocycles. The Morgan fingerprint density at radius 1 is 1.26 bits per heavy atom. The molecule has 1 aromatic carbocycles. The van der Waals surface area contributed by atoms with Gasteiger partial charge in [0, 0.05) is 23.4 Å². The molecule has 4 nitrogen and oxygen atoms in total. The number of halogens is 1. The van der Waals surface area contributed by atoms with Crippen LogP contribution in [0.4, 0.5) is 5.82 Å². The van der Waals surface area contributed by atoms with Crippen LogP contribution in [0, 0.1) is 11.3 Å². The fraction of sp³-hybridized carbons (Fsp3) is 0.357. The predicted molar refractivity (Wildman–Crippen MR) is 75.1 cm³/mol. The molecule has 0 radical (unpaired) electrons. The summed E-state index contributed by atoms with van der Waals surface area (Å²) in [5, 5.41) is 19.4. The number of aromatic nitrogens is 2. The maximum Gasteiger partial charge on any atom is 0.159 e. The van der Waals surface area contributed by atoms with E-state index < -0.39 is 0 Å². The van der Waals surface area contributed by atoms with Crippen molar-refractivity contribution in [3.63, 3.8) is 0 Å². The average Bonchev–Trinajstić information content (AvgIpc) is 3.26. The van der Waals surface area contributed by atoms with E-state index in [1.54, 1.807) is 0 Å². The van der Waals surface area contributed by atoms with Gasteiger partial charge in [-0.2, -0.15) is 5.26 Å². The summed E-state index contributed by atoms with van der Waals surface area (Å²) in [6.45, 7) is 0.696. The number of hydrogen-bond donors (Lipinski definition) is 0. The maximum atomic E-state index is 8.79. The second-order valence-electron chi connectivity index (χ2n) is 4.69. The van der Waals surface area contributed by atoms with E-state index in [4.69, 9.17) is 16.9 Å². The molecule has 0 bridgehead atoms. The summed E-state index contributed by atoms with van der Waals surface area (Å²) in [5.41, 5.74) is 0. The molecule has 3 rings (SSSR count). The average molecular weight is 273 g/mol. The van der Waals surface area contributed by atoms with E-state index in [-0.39, 0.29) is 0 Å². The topological polar surface area (TPSA) is 52.8 Å². The minimum Gasteiger partial charge on any atom is -0.351 e. The number of nitriles is 1. The summed E-state index contributed by atoms with van der Waals surface area (Å²) >= 11 is 6.09. The molecule has 2 aromatic rings. The molecule has 0 aliphatic heterocycles. The Kier molecular flexibility index (Phi) is 3.22. The van der Waals surface area contributed by atoms with Crippen molar-refractivity contribution in [2.24, 2.45) is 0 Å². The molecule has 0 atom stereocenters. The minimum absolute atomic E-state index is 0.426. The van der Waals surface area contributed by atoms with Crippen LogP contribution in [0.5, 0.6) is 0 Å². The zero-order valence-corrected chi connectivity index (χ0v) is 11.1. The number of benzene rings is 1. The van der Waals surface area contributed by atoms with Gasteiger partial charge in [-0.05, 0) is 12.8 Å². The largest absolute Gasteiger partial charge is 0.351 e. The standard InChI is InChI=1S/C14H13ClN4/c15-13-11-4-1-2-5-12(11)14(18-17-13)19(9-3-8-16)10-6-7-10/h1-2,4-5,10H,3,6-7,9H2. The molecular weight excluding hydrogens is 260 g/mol. The van der Waals surface area contributed by atoms with Gasteiger partial charge in [0.1, 0.15) is 0 Å². The highest BCUT2D eigenvalue weighted by molar-refractivity contribution is 6.34.